The van der Waals surface area contributed by atoms with Gasteiger partial charge in [0, 0.05) is 15.6 Å². The van der Waals surface area contributed by atoms with Gasteiger partial charge in [-0.1, -0.05) is 33.6 Å². The van der Waals surface area contributed by atoms with Crippen LogP contribution in [0.3, 0.4) is 0 Å². The van der Waals surface area contributed by atoms with Crippen molar-refractivity contribution in [2.45, 2.75) is 6.61 Å². The van der Waals surface area contributed by atoms with E-state index >= 15 is 0 Å². The van der Waals surface area contributed by atoms with Gasteiger partial charge in [-0.3, -0.25) is 0 Å². The van der Waals surface area contributed by atoms with Crippen molar-refractivity contribution >= 4 is 39.8 Å². The molecule has 0 saturated heterocycles. The molecule has 3 N–H and O–H groups in total. The number of hydrogen-bond acceptors (Lipinski definition) is 3. The molecule has 0 aromatic heterocycles. The molecule has 5 nitrogen and oxygen atoms in total. The summed E-state index contributed by atoms with van der Waals surface area (Å²) in [6.45, 7) is -0.0444. The quantitative estimate of drug-likeness (QED) is 0.591. The van der Waals surface area contributed by atoms with Crippen LogP contribution in [0.2, 0.25) is 5.02 Å². The minimum Gasteiger partial charge on any atom is -0.488 e. The van der Waals surface area contributed by atoms with E-state index in [4.69, 9.17) is 22.1 Å². The van der Waals surface area contributed by atoms with Crippen LogP contribution in [0.4, 0.5) is 9.18 Å². The van der Waals surface area contributed by atoms with Crippen molar-refractivity contribution < 1.29 is 13.9 Å². The zero-order valence-corrected chi connectivity index (χ0v) is 14.1. The van der Waals surface area contributed by atoms with Gasteiger partial charge in [0.25, 0.3) is 0 Å². The average molecular weight is 401 g/mol. The summed E-state index contributed by atoms with van der Waals surface area (Å²) in [5.41, 5.74) is 7.85. The Morgan fingerprint density at radius 3 is 2.91 bits per heavy atom. The van der Waals surface area contributed by atoms with Gasteiger partial charge in [0.2, 0.25) is 0 Å². The Bertz CT molecular complexity index is 735. The number of nitrogens with one attached hydrogen (secondary N) is 1. The molecule has 0 radical (unpaired) electrons. The number of benzene rings is 2. The minimum absolute atomic E-state index is 0.0444. The Morgan fingerprint density at radius 1 is 1.43 bits per heavy atom. The maximum absolute atomic E-state index is 13.7. The number of hydrogen-bond donors (Lipinski definition) is 2. The van der Waals surface area contributed by atoms with Gasteiger partial charge in [0.15, 0.2) is 0 Å². The van der Waals surface area contributed by atoms with E-state index in [-0.39, 0.29) is 17.2 Å². The maximum atomic E-state index is 13.7. The zero-order valence-electron chi connectivity index (χ0n) is 11.7. The Labute approximate surface area is 145 Å². The van der Waals surface area contributed by atoms with Crippen molar-refractivity contribution in [3.8, 4) is 5.75 Å². The lowest BCUT2D eigenvalue weighted by Gasteiger charge is -2.11. The predicted octanol–water partition coefficient (Wildman–Crippen LogP) is 3.82. The van der Waals surface area contributed by atoms with E-state index in [1.54, 1.807) is 24.3 Å². The first kappa shape index (κ1) is 17.2. The molecule has 0 bridgehead atoms. The summed E-state index contributed by atoms with van der Waals surface area (Å²) in [7, 11) is 0. The molecule has 0 saturated carbocycles. The number of amides is 2. The zero-order chi connectivity index (χ0) is 16.8. The fourth-order valence-corrected chi connectivity index (χ4v) is 2.33. The third-order valence-corrected chi connectivity index (χ3v) is 3.63. The number of carbonyl (C=O) groups excluding carboxylic acids is 1. The lowest BCUT2D eigenvalue weighted by Crippen LogP contribution is -2.24. The van der Waals surface area contributed by atoms with Crippen molar-refractivity contribution in [1.82, 2.24) is 5.43 Å². The van der Waals surface area contributed by atoms with Crippen LogP contribution in [-0.2, 0) is 6.61 Å². The number of halogens is 3. The minimum atomic E-state index is -0.781. The van der Waals surface area contributed by atoms with Crippen LogP contribution in [0.15, 0.2) is 46.0 Å². The molecule has 0 heterocycles. The van der Waals surface area contributed by atoms with Gasteiger partial charge in [-0.15, -0.1) is 0 Å². The van der Waals surface area contributed by atoms with Crippen molar-refractivity contribution in [3.63, 3.8) is 0 Å². The van der Waals surface area contributed by atoms with Crippen LogP contribution in [0.1, 0.15) is 11.1 Å². The molecule has 2 amide bonds. The summed E-state index contributed by atoms with van der Waals surface area (Å²) < 4.78 is 20.2. The first-order valence-corrected chi connectivity index (χ1v) is 7.58. The predicted molar refractivity (Wildman–Crippen MR) is 90.2 cm³/mol. The lowest BCUT2D eigenvalue weighted by molar-refractivity contribution is 0.249. The third kappa shape index (κ3) is 4.94. The number of ether oxygens (including phenoxy) is 1. The molecule has 2 aromatic rings. The molecule has 8 heteroatoms. The molecular formula is C15H12BrClFN3O2. The normalized spacial score (nSPS) is 10.7. The number of carbonyl (C=O) groups is 1. The van der Waals surface area contributed by atoms with Crippen LogP contribution in [0.5, 0.6) is 5.75 Å². The number of primary amides is 1. The van der Waals surface area contributed by atoms with Gasteiger partial charge in [0.1, 0.15) is 18.2 Å². The number of rotatable bonds is 5. The lowest BCUT2D eigenvalue weighted by atomic mass is 10.2. The molecular weight excluding hydrogens is 389 g/mol. The average Bonchev–Trinajstić information content (AvgIpc) is 2.48. The molecule has 0 fully saturated rings. The smallest absolute Gasteiger partial charge is 0.332 e. The Kier molecular flexibility index (Phi) is 5.95. The van der Waals surface area contributed by atoms with Crippen LogP contribution in [0.25, 0.3) is 0 Å². The topological polar surface area (TPSA) is 76.7 Å². The molecule has 0 spiro atoms. The molecule has 0 aliphatic heterocycles. The summed E-state index contributed by atoms with van der Waals surface area (Å²) in [5, 5.41) is 3.97. The van der Waals surface area contributed by atoms with E-state index in [0.717, 1.165) is 4.47 Å². The van der Waals surface area contributed by atoms with Crippen LogP contribution < -0.4 is 15.9 Å². The maximum Gasteiger partial charge on any atom is 0.332 e. The number of nitrogens with zero attached hydrogens (tertiary/aromatic N) is 1. The van der Waals surface area contributed by atoms with E-state index in [0.29, 0.717) is 11.3 Å². The van der Waals surface area contributed by atoms with Gasteiger partial charge in [0.05, 0.1) is 11.2 Å². The molecule has 2 rings (SSSR count). The van der Waals surface area contributed by atoms with E-state index in [1.165, 1.54) is 18.3 Å². The van der Waals surface area contributed by atoms with E-state index in [1.807, 2.05) is 0 Å². The first-order valence-electron chi connectivity index (χ1n) is 6.41. The SMILES string of the molecule is NC(=O)NN=Cc1cc(Br)ccc1OCc1c(F)cccc1Cl. The second-order valence-electron chi connectivity index (χ2n) is 4.41. The highest BCUT2D eigenvalue weighted by Crippen LogP contribution is 2.25. The molecule has 2 aromatic carbocycles. The van der Waals surface area contributed by atoms with E-state index < -0.39 is 11.8 Å². The molecule has 23 heavy (non-hydrogen) atoms. The first-order chi connectivity index (χ1) is 11.0. The highest BCUT2D eigenvalue weighted by atomic mass is 79.9. The van der Waals surface area contributed by atoms with Gasteiger partial charge >= 0.3 is 6.03 Å². The van der Waals surface area contributed by atoms with Crippen LogP contribution in [-0.4, -0.2) is 12.2 Å². The van der Waals surface area contributed by atoms with E-state index in [9.17, 15) is 9.18 Å². The number of hydrazone groups is 1. The van der Waals surface area contributed by atoms with Gasteiger partial charge < -0.3 is 10.5 Å². The summed E-state index contributed by atoms with van der Waals surface area (Å²) >= 11 is 9.29. The highest BCUT2D eigenvalue weighted by molar-refractivity contribution is 9.10. The Hall–Kier alpha value is -2.12. The van der Waals surface area contributed by atoms with E-state index in [2.05, 4.69) is 26.5 Å². The second kappa shape index (κ2) is 7.94. The van der Waals surface area contributed by atoms with Crippen molar-refractivity contribution in [2.75, 3.05) is 0 Å². The second-order valence-corrected chi connectivity index (χ2v) is 5.73. The van der Waals surface area contributed by atoms with Gasteiger partial charge in [-0.2, -0.15) is 5.10 Å². The summed E-state index contributed by atoms with van der Waals surface area (Å²) in [4.78, 5) is 10.6. The summed E-state index contributed by atoms with van der Waals surface area (Å²) in [5.74, 6) is 0.00256. The largest absolute Gasteiger partial charge is 0.488 e. The van der Waals surface area contributed by atoms with Crippen LogP contribution in [0, 0.1) is 5.82 Å². The summed E-state index contributed by atoms with van der Waals surface area (Å²) in [6, 6.07) is 8.81. The fraction of sp³-hybridized carbons (Fsp3) is 0.0667. The molecule has 0 aliphatic rings. The van der Waals surface area contributed by atoms with Crippen molar-refractivity contribution in [3.05, 3.63) is 62.8 Å². The summed E-state index contributed by atoms with van der Waals surface area (Å²) in [6.07, 6.45) is 1.37. The van der Waals surface area contributed by atoms with Gasteiger partial charge in [-0.25, -0.2) is 14.6 Å². The molecule has 0 unspecified atom stereocenters. The standard InChI is InChI=1S/C15H12BrClFN3O2/c16-10-4-5-14(9(6-10)7-20-21-15(19)22)23-8-11-12(17)2-1-3-13(11)18/h1-7H,8H2,(H3,19,21,22). The number of nitrogens with two attached hydrogens (primary N) is 1. The van der Waals surface area contributed by atoms with Crippen LogP contribution >= 0.6 is 27.5 Å². The fourth-order valence-electron chi connectivity index (χ4n) is 1.74. The van der Waals surface area contributed by atoms with Crippen molar-refractivity contribution in [2.24, 2.45) is 10.8 Å². The molecule has 0 aliphatic carbocycles. The Morgan fingerprint density at radius 2 is 2.22 bits per heavy atom. The van der Waals surface area contributed by atoms with Crippen molar-refractivity contribution in [1.29, 1.82) is 0 Å². The Balaban J connectivity index is 2.19. The monoisotopic (exact) mass is 399 g/mol. The van der Waals surface area contributed by atoms with Gasteiger partial charge in [-0.05, 0) is 30.3 Å². The third-order valence-electron chi connectivity index (χ3n) is 2.78. The molecule has 120 valence electrons. The highest BCUT2D eigenvalue weighted by Gasteiger charge is 2.09. The number of urea groups is 1. The molecule has 0 atom stereocenters.